The Hall–Kier alpha value is -2.30. The normalized spacial score (nSPS) is 39.3. The average Bonchev–Trinajstić information content (AvgIpc) is 3.60. The summed E-state index contributed by atoms with van der Waals surface area (Å²) in [6, 6.07) is 4.98. The highest BCUT2D eigenvalue weighted by atomic mass is 16.6. The van der Waals surface area contributed by atoms with Gasteiger partial charge in [0.25, 0.3) is 0 Å². The van der Waals surface area contributed by atoms with E-state index in [1.165, 1.54) is 71.0 Å². The highest BCUT2D eigenvalue weighted by Gasteiger charge is 2.84. The average molecular weight is 633 g/mol. The van der Waals surface area contributed by atoms with Crippen LogP contribution in [0.25, 0.3) is 0 Å². The lowest BCUT2D eigenvalue weighted by atomic mass is 9.41. The number of carbonyl (C=O) groups is 2. The van der Waals surface area contributed by atoms with Crippen molar-refractivity contribution in [1.29, 1.82) is 0 Å². The molecule has 0 radical (unpaired) electrons. The molecule has 0 saturated heterocycles. The molecule has 0 aliphatic heterocycles. The zero-order valence-electron chi connectivity index (χ0n) is 30.2. The molecule has 1 aromatic rings. The number of esters is 2. The van der Waals surface area contributed by atoms with E-state index in [4.69, 9.17) is 14.2 Å². The third-order valence-electron chi connectivity index (χ3n) is 15.3. The van der Waals surface area contributed by atoms with Crippen molar-refractivity contribution >= 4 is 11.9 Å². The lowest BCUT2D eigenvalue weighted by molar-refractivity contribution is -0.170. The van der Waals surface area contributed by atoms with E-state index in [2.05, 4.69) is 55.0 Å². The van der Waals surface area contributed by atoms with Gasteiger partial charge >= 0.3 is 11.9 Å². The summed E-state index contributed by atoms with van der Waals surface area (Å²) in [4.78, 5) is 25.4. The van der Waals surface area contributed by atoms with Crippen molar-refractivity contribution in [3.8, 4) is 11.5 Å². The summed E-state index contributed by atoms with van der Waals surface area (Å²) in [5.74, 6) is 3.28. The maximum Gasteiger partial charge on any atom is 0.338 e. The molecule has 0 aromatic heterocycles. The van der Waals surface area contributed by atoms with Crippen molar-refractivity contribution in [1.82, 2.24) is 0 Å². The molecule has 0 heterocycles. The summed E-state index contributed by atoms with van der Waals surface area (Å²) in [6.07, 6.45) is 13.4. The predicted molar refractivity (Wildman–Crippen MR) is 183 cm³/mol. The summed E-state index contributed by atoms with van der Waals surface area (Å²) in [5.41, 5.74) is 3.12. The molecule has 254 valence electrons. The molecule has 0 bridgehead atoms. The fourth-order valence-corrected chi connectivity index (χ4v) is 12.6. The third-order valence-corrected chi connectivity index (χ3v) is 15.3. The van der Waals surface area contributed by atoms with Gasteiger partial charge in [0, 0.05) is 12.3 Å². The Morgan fingerprint density at radius 3 is 2.30 bits per heavy atom. The zero-order chi connectivity index (χ0) is 33.4. The number of benzene rings is 1. The first-order valence-electron chi connectivity index (χ1n) is 18.3. The van der Waals surface area contributed by atoms with E-state index in [0.29, 0.717) is 51.6 Å². The van der Waals surface area contributed by atoms with Crippen LogP contribution in [0.5, 0.6) is 11.5 Å². The lowest BCUT2D eigenvalue weighted by Crippen LogP contribution is -2.59. The number of carbonyl (C=O) groups excluding carboxylic acids is 2. The van der Waals surface area contributed by atoms with Crippen molar-refractivity contribution < 1.29 is 23.8 Å². The van der Waals surface area contributed by atoms with Crippen molar-refractivity contribution in [3.05, 3.63) is 35.9 Å². The highest BCUT2D eigenvalue weighted by molar-refractivity contribution is 5.90. The number of ether oxygens (including phenoxy) is 3. The van der Waals surface area contributed by atoms with Crippen molar-refractivity contribution in [2.75, 3.05) is 7.11 Å². The molecule has 6 rings (SSSR count). The number of hydrogen-bond acceptors (Lipinski definition) is 5. The molecule has 5 fully saturated rings. The molecule has 1 aromatic carbocycles. The molecule has 5 aliphatic rings. The molecule has 9 atom stereocenters. The van der Waals surface area contributed by atoms with Gasteiger partial charge in [0.05, 0.1) is 12.7 Å². The molecule has 0 amide bonds. The number of allylic oxidation sites excluding steroid dienone is 1. The molecule has 1 unspecified atom stereocenters. The van der Waals surface area contributed by atoms with Gasteiger partial charge < -0.3 is 14.2 Å². The number of hydrogen-bond donors (Lipinski definition) is 0. The van der Waals surface area contributed by atoms with Crippen LogP contribution in [0.3, 0.4) is 0 Å². The summed E-state index contributed by atoms with van der Waals surface area (Å²) >= 11 is 0. The Morgan fingerprint density at radius 2 is 1.63 bits per heavy atom. The maximum absolute atomic E-state index is 13.8. The Morgan fingerprint density at radius 1 is 0.913 bits per heavy atom. The Labute approximate surface area is 278 Å². The van der Waals surface area contributed by atoms with Crippen molar-refractivity contribution in [3.63, 3.8) is 0 Å². The van der Waals surface area contributed by atoms with Crippen LogP contribution in [0.2, 0.25) is 0 Å². The van der Waals surface area contributed by atoms with Crippen LogP contribution < -0.4 is 9.47 Å². The minimum absolute atomic E-state index is 0.0638. The fraction of sp³-hybridized carbons (Fsp3) is 0.756. The molecular weight excluding hydrogens is 572 g/mol. The SMILES string of the molecule is C=C(CC[C@@H](C)[C@H]1CC[C@@]2(C)[C@@H]3CC[C@H]4C(C)(C)CCC(OC(=O)c5ccc(OC(C)=O)c(OC)c5)[C@@]45C[C@@]35CC[C@]12C)C(C)C. The summed E-state index contributed by atoms with van der Waals surface area (Å²) in [7, 11) is 1.52. The van der Waals surface area contributed by atoms with Gasteiger partial charge in [-0.2, -0.15) is 0 Å². The zero-order valence-corrected chi connectivity index (χ0v) is 30.2. The highest BCUT2D eigenvalue weighted by Crippen LogP contribution is 2.89. The first-order valence-corrected chi connectivity index (χ1v) is 18.3. The van der Waals surface area contributed by atoms with Gasteiger partial charge in [0.2, 0.25) is 0 Å². The number of methoxy groups -OCH3 is 1. The van der Waals surface area contributed by atoms with E-state index in [9.17, 15) is 9.59 Å². The molecule has 5 saturated carbocycles. The summed E-state index contributed by atoms with van der Waals surface area (Å²) in [6.45, 7) is 23.1. The molecule has 46 heavy (non-hydrogen) atoms. The smallest absolute Gasteiger partial charge is 0.338 e. The molecular formula is C41H60O5. The standard InChI is InChI=1S/C41H60O5/c1-25(2)26(3)11-12-27(4)30-17-20-39(9)34-16-15-33-37(6,7)19-18-35(41(33)24-40(34,41)22-21-38(30,39)8)46-36(43)29-13-14-31(45-28(5)42)32(23-29)44-10/h13-14,23,25,27,30,33-35H,3,11-12,15-22,24H2,1-2,4-10H3/t27-,30-,33+,34+,35?,38-,39+,40+,41-/m1/s1. The van der Waals surface area contributed by atoms with E-state index in [1.807, 2.05) is 0 Å². The van der Waals surface area contributed by atoms with E-state index in [-0.39, 0.29) is 28.3 Å². The molecule has 5 heteroatoms. The molecule has 5 aliphatic carbocycles. The molecule has 2 spiro atoms. The van der Waals surface area contributed by atoms with E-state index in [1.54, 1.807) is 18.2 Å². The van der Waals surface area contributed by atoms with Crippen molar-refractivity contribution in [2.24, 2.45) is 56.7 Å². The van der Waals surface area contributed by atoms with Gasteiger partial charge in [-0.1, -0.05) is 60.6 Å². The Bertz CT molecular complexity index is 1390. The monoisotopic (exact) mass is 632 g/mol. The second-order valence-corrected chi connectivity index (χ2v) is 17.7. The van der Waals surface area contributed by atoms with E-state index in [0.717, 1.165) is 25.2 Å². The Balaban J connectivity index is 1.27. The third kappa shape index (κ3) is 4.82. The largest absolute Gasteiger partial charge is 0.493 e. The van der Waals surface area contributed by atoms with Crippen LogP contribution in [0.1, 0.15) is 136 Å². The van der Waals surface area contributed by atoms with Gasteiger partial charge in [-0.05, 0) is 140 Å². The van der Waals surface area contributed by atoms with Crippen molar-refractivity contribution in [2.45, 2.75) is 132 Å². The second kappa shape index (κ2) is 11.4. The van der Waals surface area contributed by atoms with Crippen LogP contribution in [0.15, 0.2) is 30.4 Å². The first kappa shape index (κ1) is 33.6. The van der Waals surface area contributed by atoms with Gasteiger partial charge in [0.1, 0.15) is 6.10 Å². The van der Waals surface area contributed by atoms with Gasteiger partial charge in [-0.15, -0.1) is 0 Å². The molecule has 5 nitrogen and oxygen atoms in total. The van der Waals surface area contributed by atoms with E-state index >= 15 is 0 Å². The fourth-order valence-electron chi connectivity index (χ4n) is 12.6. The summed E-state index contributed by atoms with van der Waals surface area (Å²) in [5, 5.41) is 0. The number of fused-ring (bicyclic) bond motifs is 2. The van der Waals surface area contributed by atoms with Crippen LogP contribution in [0.4, 0.5) is 0 Å². The van der Waals surface area contributed by atoms with Crippen LogP contribution in [-0.4, -0.2) is 25.2 Å². The van der Waals surface area contributed by atoms with Gasteiger partial charge in [-0.3, -0.25) is 4.79 Å². The second-order valence-electron chi connectivity index (χ2n) is 17.7. The minimum Gasteiger partial charge on any atom is -0.493 e. The predicted octanol–water partition coefficient (Wildman–Crippen LogP) is 10.2. The lowest BCUT2D eigenvalue weighted by Gasteiger charge is -2.63. The maximum atomic E-state index is 13.8. The van der Waals surface area contributed by atoms with E-state index < -0.39 is 5.97 Å². The molecule has 0 N–H and O–H groups in total. The Kier molecular flexibility index (Phi) is 8.33. The van der Waals surface area contributed by atoms with Gasteiger partial charge in [0.15, 0.2) is 11.5 Å². The summed E-state index contributed by atoms with van der Waals surface area (Å²) < 4.78 is 17.4. The first-order chi connectivity index (χ1) is 21.6. The minimum atomic E-state index is -0.424. The van der Waals surface area contributed by atoms with Crippen LogP contribution in [0, 0.1) is 56.7 Å². The topological polar surface area (TPSA) is 61.8 Å². The van der Waals surface area contributed by atoms with Crippen LogP contribution >= 0.6 is 0 Å². The van der Waals surface area contributed by atoms with Gasteiger partial charge in [-0.25, -0.2) is 4.79 Å². The number of rotatable bonds is 9. The quantitative estimate of drug-likeness (QED) is 0.154. The van der Waals surface area contributed by atoms with Crippen LogP contribution in [-0.2, 0) is 9.53 Å².